The molecule has 0 aliphatic heterocycles. The van der Waals surface area contributed by atoms with Crippen LogP contribution in [0.1, 0.15) is 19.5 Å². The molecule has 1 aromatic rings. The number of hydrogen-bond donors (Lipinski definition) is 1. The molecule has 1 aromatic heterocycles. The maximum atomic E-state index is 4.31. The average molecular weight is 207 g/mol. The summed E-state index contributed by atoms with van der Waals surface area (Å²) in [6, 6.07) is 6.03. The Morgan fingerprint density at radius 1 is 1.40 bits per heavy atom. The summed E-state index contributed by atoms with van der Waals surface area (Å²) < 4.78 is 0. The van der Waals surface area contributed by atoms with Gasteiger partial charge in [0.1, 0.15) is 0 Å². The van der Waals surface area contributed by atoms with Crippen molar-refractivity contribution in [1.82, 2.24) is 15.2 Å². The van der Waals surface area contributed by atoms with Gasteiger partial charge in [-0.2, -0.15) is 0 Å². The molecule has 0 fully saturated rings. The molecular weight excluding hydrogens is 186 g/mol. The van der Waals surface area contributed by atoms with Gasteiger partial charge in [-0.15, -0.1) is 0 Å². The third-order valence-corrected chi connectivity index (χ3v) is 2.50. The minimum absolute atomic E-state index is 0.142. The van der Waals surface area contributed by atoms with E-state index in [-0.39, 0.29) is 5.54 Å². The molecule has 3 nitrogen and oxygen atoms in total. The van der Waals surface area contributed by atoms with Crippen molar-refractivity contribution >= 4 is 0 Å². The van der Waals surface area contributed by atoms with Gasteiger partial charge in [-0.3, -0.25) is 9.88 Å². The van der Waals surface area contributed by atoms with E-state index in [2.05, 4.69) is 42.2 Å². The molecule has 1 rings (SSSR count). The van der Waals surface area contributed by atoms with Gasteiger partial charge in [-0.1, -0.05) is 6.07 Å². The predicted molar refractivity (Wildman–Crippen MR) is 63.7 cm³/mol. The minimum Gasteiger partial charge on any atom is -0.314 e. The van der Waals surface area contributed by atoms with Crippen molar-refractivity contribution in [3.63, 3.8) is 0 Å². The highest BCUT2D eigenvalue weighted by atomic mass is 15.1. The first-order valence-electron chi connectivity index (χ1n) is 5.31. The van der Waals surface area contributed by atoms with Crippen LogP contribution in [0.25, 0.3) is 0 Å². The summed E-state index contributed by atoms with van der Waals surface area (Å²) >= 11 is 0. The molecular formula is C12H21N3. The molecule has 0 spiro atoms. The van der Waals surface area contributed by atoms with Crippen molar-refractivity contribution in [2.24, 2.45) is 0 Å². The quantitative estimate of drug-likeness (QED) is 0.793. The van der Waals surface area contributed by atoms with Gasteiger partial charge in [-0.05, 0) is 40.1 Å². The van der Waals surface area contributed by atoms with Crippen LogP contribution in [0.4, 0.5) is 0 Å². The Bertz CT molecular complexity index is 282. The van der Waals surface area contributed by atoms with Crippen LogP contribution in [-0.4, -0.2) is 36.1 Å². The fourth-order valence-corrected chi connectivity index (χ4v) is 1.58. The smallest absolute Gasteiger partial charge is 0.0543 e. The molecule has 0 aliphatic rings. The summed E-state index contributed by atoms with van der Waals surface area (Å²) in [4.78, 5) is 6.59. The third-order valence-electron chi connectivity index (χ3n) is 2.50. The molecule has 0 aromatic carbocycles. The maximum absolute atomic E-state index is 4.31. The summed E-state index contributed by atoms with van der Waals surface area (Å²) in [6.45, 7) is 6.29. The second-order valence-electron chi connectivity index (χ2n) is 4.63. The van der Waals surface area contributed by atoms with Crippen LogP contribution in [0.5, 0.6) is 0 Å². The Morgan fingerprint density at radius 3 is 2.67 bits per heavy atom. The average Bonchev–Trinajstić information content (AvgIpc) is 2.18. The summed E-state index contributed by atoms with van der Waals surface area (Å²) in [7, 11) is 4.11. The first kappa shape index (κ1) is 12.1. The fraction of sp³-hybridized carbons (Fsp3) is 0.583. The molecule has 84 valence electrons. The second-order valence-corrected chi connectivity index (χ2v) is 4.63. The molecule has 0 radical (unpaired) electrons. The molecule has 15 heavy (non-hydrogen) atoms. The molecule has 3 heteroatoms. The van der Waals surface area contributed by atoms with Gasteiger partial charge in [0.15, 0.2) is 0 Å². The van der Waals surface area contributed by atoms with Crippen molar-refractivity contribution < 1.29 is 0 Å². The van der Waals surface area contributed by atoms with Crippen molar-refractivity contribution in [3.8, 4) is 0 Å². The van der Waals surface area contributed by atoms with Gasteiger partial charge in [0, 0.05) is 24.8 Å². The lowest BCUT2D eigenvalue weighted by molar-refractivity contribution is 0.236. The van der Waals surface area contributed by atoms with Crippen LogP contribution in [0.15, 0.2) is 24.4 Å². The van der Waals surface area contributed by atoms with Crippen molar-refractivity contribution in [3.05, 3.63) is 30.1 Å². The Balaban J connectivity index is 2.46. The van der Waals surface area contributed by atoms with E-state index in [1.54, 1.807) is 0 Å². The number of hydrogen-bond acceptors (Lipinski definition) is 3. The first-order chi connectivity index (χ1) is 7.03. The second kappa shape index (κ2) is 5.24. The number of rotatable bonds is 5. The van der Waals surface area contributed by atoms with Crippen molar-refractivity contribution in [2.45, 2.75) is 25.9 Å². The first-order valence-corrected chi connectivity index (χ1v) is 5.31. The van der Waals surface area contributed by atoms with Crippen LogP contribution >= 0.6 is 0 Å². The Hall–Kier alpha value is -0.930. The van der Waals surface area contributed by atoms with E-state index in [9.17, 15) is 0 Å². The SMILES string of the molecule is CNC(C)(C)CN(C)Cc1ccccn1. The van der Waals surface area contributed by atoms with Gasteiger partial charge >= 0.3 is 0 Å². The highest BCUT2D eigenvalue weighted by Crippen LogP contribution is 2.06. The minimum atomic E-state index is 0.142. The molecule has 0 unspecified atom stereocenters. The van der Waals surface area contributed by atoms with Gasteiger partial charge in [0.2, 0.25) is 0 Å². The summed E-state index contributed by atoms with van der Waals surface area (Å²) in [5, 5.41) is 3.30. The summed E-state index contributed by atoms with van der Waals surface area (Å²) in [5.41, 5.74) is 1.26. The molecule has 0 amide bonds. The van der Waals surface area contributed by atoms with E-state index in [1.807, 2.05) is 25.4 Å². The standard InChI is InChI=1S/C12H21N3/c1-12(2,13-3)10-15(4)9-11-7-5-6-8-14-11/h5-8,13H,9-10H2,1-4H3. The van der Waals surface area contributed by atoms with Crippen LogP contribution in [0, 0.1) is 0 Å². The fourth-order valence-electron chi connectivity index (χ4n) is 1.58. The Kier molecular flexibility index (Phi) is 4.24. The number of pyridine rings is 1. The third kappa shape index (κ3) is 4.40. The lowest BCUT2D eigenvalue weighted by atomic mass is 10.1. The summed E-state index contributed by atoms with van der Waals surface area (Å²) in [6.07, 6.45) is 1.84. The van der Waals surface area contributed by atoms with Crippen LogP contribution < -0.4 is 5.32 Å². The number of likely N-dealkylation sites (N-methyl/N-ethyl adjacent to an activating group) is 2. The lowest BCUT2D eigenvalue weighted by Gasteiger charge is -2.29. The van der Waals surface area contributed by atoms with E-state index >= 15 is 0 Å². The van der Waals surface area contributed by atoms with E-state index in [0.29, 0.717) is 0 Å². The number of aromatic nitrogens is 1. The molecule has 1 N–H and O–H groups in total. The monoisotopic (exact) mass is 207 g/mol. The zero-order chi connectivity index (χ0) is 11.3. The van der Waals surface area contributed by atoms with Gasteiger partial charge < -0.3 is 5.32 Å². The van der Waals surface area contributed by atoms with Gasteiger partial charge in [0.05, 0.1) is 5.69 Å². The molecule has 0 saturated carbocycles. The van der Waals surface area contributed by atoms with Crippen molar-refractivity contribution in [2.75, 3.05) is 20.6 Å². The summed E-state index contributed by atoms with van der Waals surface area (Å²) in [5.74, 6) is 0. The van der Waals surface area contributed by atoms with Gasteiger partial charge in [0.25, 0.3) is 0 Å². The highest BCUT2D eigenvalue weighted by molar-refractivity contribution is 5.03. The normalized spacial score (nSPS) is 12.1. The van der Waals surface area contributed by atoms with Crippen molar-refractivity contribution in [1.29, 1.82) is 0 Å². The van der Waals surface area contributed by atoms with E-state index in [0.717, 1.165) is 18.8 Å². The zero-order valence-corrected chi connectivity index (χ0v) is 10.1. The van der Waals surface area contributed by atoms with E-state index in [4.69, 9.17) is 0 Å². The lowest BCUT2D eigenvalue weighted by Crippen LogP contribution is -2.46. The van der Waals surface area contributed by atoms with E-state index in [1.165, 1.54) is 0 Å². The van der Waals surface area contributed by atoms with Crippen LogP contribution in [0.3, 0.4) is 0 Å². The number of nitrogens with zero attached hydrogens (tertiary/aromatic N) is 2. The van der Waals surface area contributed by atoms with E-state index < -0.39 is 0 Å². The molecule has 0 aliphatic carbocycles. The largest absolute Gasteiger partial charge is 0.314 e. The highest BCUT2D eigenvalue weighted by Gasteiger charge is 2.17. The molecule has 1 heterocycles. The van der Waals surface area contributed by atoms with Crippen LogP contribution in [-0.2, 0) is 6.54 Å². The molecule has 0 atom stereocenters. The molecule has 0 bridgehead atoms. The number of nitrogens with one attached hydrogen (secondary N) is 1. The Labute approximate surface area is 92.5 Å². The zero-order valence-electron chi connectivity index (χ0n) is 10.1. The maximum Gasteiger partial charge on any atom is 0.0543 e. The Morgan fingerprint density at radius 2 is 2.13 bits per heavy atom. The predicted octanol–water partition coefficient (Wildman–Crippen LogP) is 1.51. The van der Waals surface area contributed by atoms with Crippen LogP contribution in [0.2, 0.25) is 0 Å². The topological polar surface area (TPSA) is 28.2 Å². The van der Waals surface area contributed by atoms with Gasteiger partial charge in [-0.25, -0.2) is 0 Å². The molecule has 0 saturated heterocycles.